The maximum absolute atomic E-state index is 14.6. The summed E-state index contributed by atoms with van der Waals surface area (Å²) in [5, 5.41) is 5.10. The van der Waals surface area contributed by atoms with Crippen LogP contribution >= 0.6 is 0 Å². The lowest BCUT2D eigenvalue weighted by molar-refractivity contribution is -0.253. The highest BCUT2D eigenvalue weighted by molar-refractivity contribution is 5.76. The van der Waals surface area contributed by atoms with Crippen LogP contribution in [-0.2, 0) is 0 Å². The van der Waals surface area contributed by atoms with Crippen molar-refractivity contribution in [2.45, 2.75) is 43.6 Å². The number of rotatable bonds is 9. The standard InChI is InChI=1S/C28H23F7N2O2/c29-20-11-19(12-23(15-20)39-28(34,35)26(32)33)25(37-27(38)36-22-13-21(30)14-22)18-8-9-24(31)17(10-18)7-6-16-4-2-1-3-5-16/h1-12,15,21-22,25-26H,13-14H2,(H2,36,37,38)/b7-6+/t21?,22?,25-/m1/s1. The molecular weight excluding hydrogens is 529 g/mol. The maximum Gasteiger partial charge on any atom is 0.461 e. The molecule has 4 rings (SSSR count). The molecule has 39 heavy (non-hydrogen) atoms. The number of hydrogen-bond donors (Lipinski definition) is 2. The lowest BCUT2D eigenvalue weighted by Gasteiger charge is -2.31. The second kappa shape index (κ2) is 11.8. The zero-order valence-electron chi connectivity index (χ0n) is 20.2. The molecule has 3 aromatic rings. The molecule has 0 saturated heterocycles. The van der Waals surface area contributed by atoms with Crippen molar-refractivity contribution >= 4 is 18.2 Å². The summed E-state index contributed by atoms with van der Waals surface area (Å²) in [6.45, 7) is 0. The van der Waals surface area contributed by atoms with E-state index < -0.39 is 54.2 Å². The number of halogens is 7. The Labute approximate surface area is 219 Å². The summed E-state index contributed by atoms with van der Waals surface area (Å²) in [5.74, 6) is -2.63. The molecule has 2 N–H and O–H groups in total. The summed E-state index contributed by atoms with van der Waals surface area (Å²) in [4.78, 5) is 12.7. The molecule has 1 atom stereocenters. The van der Waals surface area contributed by atoms with Gasteiger partial charge in [-0.15, -0.1) is 0 Å². The molecular formula is C28H23F7N2O2. The highest BCUT2D eigenvalue weighted by Crippen LogP contribution is 2.33. The summed E-state index contributed by atoms with van der Waals surface area (Å²) in [5.41, 5.74) is 0.940. The Balaban J connectivity index is 1.69. The van der Waals surface area contributed by atoms with Crippen LogP contribution in [0.2, 0.25) is 0 Å². The van der Waals surface area contributed by atoms with Gasteiger partial charge in [0.15, 0.2) is 0 Å². The highest BCUT2D eigenvalue weighted by atomic mass is 19.3. The minimum absolute atomic E-state index is 0.0972. The van der Waals surface area contributed by atoms with Crippen LogP contribution in [-0.4, -0.2) is 30.8 Å². The monoisotopic (exact) mass is 552 g/mol. The lowest BCUT2D eigenvalue weighted by Crippen LogP contribution is -2.49. The molecule has 1 aliphatic rings. The van der Waals surface area contributed by atoms with Gasteiger partial charge in [-0.2, -0.15) is 17.6 Å². The molecule has 0 bridgehead atoms. The van der Waals surface area contributed by atoms with E-state index in [0.29, 0.717) is 6.07 Å². The van der Waals surface area contributed by atoms with Crippen LogP contribution in [0, 0.1) is 11.6 Å². The third-order valence-electron chi connectivity index (χ3n) is 6.03. The minimum Gasteiger partial charge on any atom is -0.428 e. The second-order valence-corrected chi connectivity index (χ2v) is 9.03. The van der Waals surface area contributed by atoms with Gasteiger partial charge in [0.05, 0.1) is 6.04 Å². The van der Waals surface area contributed by atoms with Crippen molar-refractivity contribution in [2.24, 2.45) is 0 Å². The van der Waals surface area contributed by atoms with Gasteiger partial charge in [0.2, 0.25) is 0 Å². The fourth-order valence-corrected chi connectivity index (χ4v) is 4.01. The van der Waals surface area contributed by atoms with Crippen molar-refractivity contribution in [1.82, 2.24) is 10.6 Å². The number of benzene rings is 3. The molecule has 0 aromatic heterocycles. The van der Waals surface area contributed by atoms with Crippen molar-refractivity contribution in [3.8, 4) is 5.75 Å². The molecule has 1 saturated carbocycles. The zero-order chi connectivity index (χ0) is 28.2. The number of ether oxygens (including phenoxy) is 1. The number of carbonyl (C=O) groups excluding carboxylic acids is 1. The van der Waals surface area contributed by atoms with Crippen molar-refractivity contribution in [3.05, 3.63) is 101 Å². The smallest absolute Gasteiger partial charge is 0.428 e. The van der Waals surface area contributed by atoms with Crippen LogP contribution in [0.1, 0.15) is 41.1 Å². The van der Waals surface area contributed by atoms with Gasteiger partial charge in [-0.1, -0.05) is 48.6 Å². The number of carbonyl (C=O) groups is 1. The Morgan fingerprint density at radius 1 is 0.949 bits per heavy atom. The van der Waals surface area contributed by atoms with Crippen molar-refractivity contribution < 1.29 is 40.3 Å². The number of urea groups is 1. The number of hydrogen-bond acceptors (Lipinski definition) is 2. The van der Waals surface area contributed by atoms with Crippen LogP contribution in [0.25, 0.3) is 12.2 Å². The third kappa shape index (κ3) is 7.30. The van der Waals surface area contributed by atoms with Gasteiger partial charge >= 0.3 is 18.6 Å². The largest absolute Gasteiger partial charge is 0.461 e. The Bertz CT molecular complexity index is 1330. The second-order valence-electron chi connectivity index (χ2n) is 9.03. The number of nitrogens with one attached hydrogen (secondary N) is 2. The van der Waals surface area contributed by atoms with E-state index in [1.54, 1.807) is 30.3 Å². The molecule has 1 fully saturated rings. The minimum atomic E-state index is -4.90. The van der Waals surface area contributed by atoms with Crippen molar-refractivity contribution in [2.75, 3.05) is 0 Å². The molecule has 206 valence electrons. The fraction of sp³-hybridized carbons (Fsp3) is 0.250. The van der Waals surface area contributed by atoms with Gasteiger partial charge in [0.25, 0.3) is 0 Å². The predicted octanol–water partition coefficient (Wildman–Crippen LogP) is 7.26. The Kier molecular flexibility index (Phi) is 8.47. The van der Waals surface area contributed by atoms with Gasteiger partial charge in [0, 0.05) is 17.7 Å². The van der Waals surface area contributed by atoms with E-state index in [0.717, 1.165) is 23.8 Å². The van der Waals surface area contributed by atoms with Crippen molar-refractivity contribution in [3.63, 3.8) is 0 Å². The molecule has 1 aliphatic carbocycles. The first-order valence-corrected chi connectivity index (χ1v) is 11.9. The van der Waals surface area contributed by atoms with Crippen LogP contribution in [0.15, 0.2) is 66.7 Å². The molecule has 0 spiro atoms. The molecule has 0 radical (unpaired) electrons. The van der Waals surface area contributed by atoms with Gasteiger partial charge in [-0.25, -0.2) is 18.0 Å². The average Bonchev–Trinajstić information content (AvgIpc) is 2.86. The molecule has 0 heterocycles. The molecule has 3 aromatic carbocycles. The van der Waals surface area contributed by atoms with Gasteiger partial charge < -0.3 is 15.4 Å². The first-order valence-electron chi connectivity index (χ1n) is 11.9. The Morgan fingerprint density at radius 3 is 2.33 bits per heavy atom. The normalized spacial score (nSPS) is 18.1. The number of amides is 2. The molecule has 4 nitrogen and oxygen atoms in total. The number of alkyl halides is 5. The van der Waals surface area contributed by atoms with E-state index in [1.165, 1.54) is 18.2 Å². The van der Waals surface area contributed by atoms with E-state index in [9.17, 15) is 35.5 Å². The predicted molar refractivity (Wildman–Crippen MR) is 131 cm³/mol. The summed E-state index contributed by atoms with van der Waals surface area (Å²) >= 11 is 0. The summed E-state index contributed by atoms with van der Waals surface area (Å²) < 4.78 is 98.6. The average molecular weight is 552 g/mol. The van der Waals surface area contributed by atoms with E-state index >= 15 is 0 Å². The molecule has 0 aliphatic heterocycles. The van der Waals surface area contributed by atoms with E-state index in [2.05, 4.69) is 15.4 Å². The van der Waals surface area contributed by atoms with Crippen LogP contribution in [0.5, 0.6) is 5.75 Å². The Hall–Kier alpha value is -4.02. The molecule has 0 unspecified atom stereocenters. The van der Waals surface area contributed by atoms with Crippen LogP contribution in [0.3, 0.4) is 0 Å². The van der Waals surface area contributed by atoms with Crippen LogP contribution < -0.4 is 15.4 Å². The fourth-order valence-electron chi connectivity index (χ4n) is 4.01. The van der Waals surface area contributed by atoms with E-state index in [4.69, 9.17) is 0 Å². The van der Waals surface area contributed by atoms with E-state index in [1.807, 2.05) is 6.07 Å². The highest BCUT2D eigenvalue weighted by Gasteiger charge is 2.44. The van der Waals surface area contributed by atoms with Gasteiger partial charge in [0.1, 0.15) is 23.6 Å². The first kappa shape index (κ1) is 28.0. The lowest BCUT2D eigenvalue weighted by atomic mass is 9.91. The summed E-state index contributed by atoms with van der Waals surface area (Å²) in [6, 6.07) is 12.5. The van der Waals surface area contributed by atoms with Crippen LogP contribution in [0.4, 0.5) is 35.5 Å². The maximum atomic E-state index is 14.6. The third-order valence-corrected chi connectivity index (χ3v) is 6.03. The zero-order valence-corrected chi connectivity index (χ0v) is 20.2. The quantitative estimate of drug-likeness (QED) is 0.217. The van der Waals surface area contributed by atoms with Crippen molar-refractivity contribution in [1.29, 1.82) is 0 Å². The first-order chi connectivity index (χ1) is 18.5. The van der Waals surface area contributed by atoms with Gasteiger partial charge in [-0.05, 0) is 53.8 Å². The molecule has 11 heteroatoms. The summed E-state index contributed by atoms with van der Waals surface area (Å²) in [6.07, 6.45) is -6.81. The SMILES string of the molecule is O=C(NC1CC(F)C1)N[C@@H](c1cc(F)cc(OC(F)(F)C(F)F)c1)c1ccc(F)c(/C=C/c2ccccc2)c1. The Morgan fingerprint density at radius 2 is 1.67 bits per heavy atom. The topological polar surface area (TPSA) is 50.4 Å². The molecule has 2 amide bonds. The van der Waals surface area contributed by atoms with E-state index in [-0.39, 0.29) is 29.5 Å². The summed E-state index contributed by atoms with van der Waals surface area (Å²) in [7, 11) is 0. The van der Waals surface area contributed by atoms with Gasteiger partial charge in [-0.3, -0.25) is 0 Å².